The topological polar surface area (TPSA) is 75.7 Å². The Morgan fingerprint density at radius 3 is 2.13 bits per heavy atom. The molecule has 132 valence electrons. The van der Waals surface area contributed by atoms with Crippen molar-refractivity contribution in [1.82, 2.24) is 10.2 Å². The van der Waals surface area contributed by atoms with Crippen LogP contribution >= 0.6 is 0 Å². The van der Waals surface area contributed by atoms with Crippen LogP contribution in [-0.2, 0) is 19.1 Å². The Labute approximate surface area is 139 Å². The van der Waals surface area contributed by atoms with Gasteiger partial charge in [0.25, 0.3) is 0 Å². The first kappa shape index (κ1) is 21.1. The molecule has 6 nitrogen and oxygen atoms in total. The van der Waals surface area contributed by atoms with Gasteiger partial charge >= 0.3 is 5.97 Å². The number of carbonyl (C=O) groups excluding carboxylic acids is 3. The average molecular weight is 326 g/mol. The van der Waals surface area contributed by atoms with E-state index in [2.05, 4.69) is 5.32 Å². The molecule has 0 rings (SSSR count). The van der Waals surface area contributed by atoms with E-state index in [4.69, 9.17) is 4.74 Å². The zero-order valence-corrected chi connectivity index (χ0v) is 15.3. The number of esters is 1. The number of nitrogens with zero attached hydrogens (tertiary/aromatic N) is 1. The van der Waals surface area contributed by atoms with Crippen molar-refractivity contribution in [3.8, 4) is 0 Å². The van der Waals surface area contributed by atoms with Gasteiger partial charge in [-0.3, -0.25) is 9.59 Å². The molecular formula is C17H30N2O4. The Bertz CT molecular complexity index is 444. The number of hydrogen-bond acceptors (Lipinski definition) is 4. The van der Waals surface area contributed by atoms with E-state index in [1.165, 1.54) is 0 Å². The van der Waals surface area contributed by atoms with Gasteiger partial charge < -0.3 is 15.0 Å². The van der Waals surface area contributed by atoms with Gasteiger partial charge in [-0.1, -0.05) is 33.8 Å². The van der Waals surface area contributed by atoms with E-state index >= 15 is 0 Å². The normalized spacial score (nSPS) is 14.4. The maximum Gasteiger partial charge on any atom is 0.333 e. The van der Waals surface area contributed by atoms with Gasteiger partial charge in [0, 0.05) is 12.6 Å². The van der Waals surface area contributed by atoms with Crippen LogP contribution in [0.1, 0.15) is 41.5 Å². The van der Waals surface area contributed by atoms with Crippen LogP contribution in [-0.4, -0.2) is 48.9 Å². The van der Waals surface area contributed by atoms with Crippen molar-refractivity contribution in [1.29, 1.82) is 0 Å². The Morgan fingerprint density at radius 1 is 1.17 bits per heavy atom. The van der Waals surface area contributed by atoms with Gasteiger partial charge in [-0.2, -0.15) is 0 Å². The summed E-state index contributed by atoms with van der Waals surface area (Å²) < 4.78 is 4.98. The smallest absolute Gasteiger partial charge is 0.333 e. The monoisotopic (exact) mass is 326 g/mol. The van der Waals surface area contributed by atoms with Gasteiger partial charge in [0.05, 0.1) is 12.6 Å². The van der Waals surface area contributed by atoms with Crippen LogP contribution in [0.2, 0.25) is 0 Å². The highest BCUT2D eigenvalue weighted by atomic mass is 16.5. The van der Waals surface area contributed by atoms with Crippen LogP contribution in [0, 0.1) is 11.8 Å². The summed E-state index contributed by atoms with van der Waals surface area (Å²) in [6.45, 7) is 11.4. The zero-order chi connectivity index (χ0) is 18.2. The van der Waals surface area contributed by atoms with Crippen LogP contribution in [0.4, 0.5) is 0 Å². The summed E-state index contributed by atoms with van der Waals surface area (Å²) in [5.74, 6) is -0.486. The van der Waals surface area contributed by atoms with E-state index in [0.717, 1.165) is 0 Å². The molecule has 0 aromatic carbocycles. The predicted molar refractivity (Wildman–Crippen MR) is 89.6 cm³/mol. The summed E-state index contributed by atoms with van der Waals surface area (Å²) >= 11 is 0. The molecule has 0 aliphatic rings. The zero-order valence-electron chi connectivity index (χ0n) is 15.3. The first-order valence-electron chi connectivity index (χ1n) is 7.99. The molecule has 2 amide bonds. The van der Waals surface area contributed by atoms with E-state index in [0.29, 0.717) is 18.6 Å². The Hall–Kier alpha value is -1.85. The van der Waals surface area contributed by atoms with Gasteiger partial charge in [0.2, 0.25) is 12.3 Å². The van der Waals surface area contributed by atoms with E-state index in [-0.39, 0.29) is 29.8 Å². The number of hydrogen-bond donors (Lipinski definition) is 1. The van der Waals surface area contributed by atoms with Crippen molar-refractivity contribution < 1.29 is 19.1 Å². The molecule has 0 bridgehead atoms. The number of rotatable bonds is 9. The van der Waals surface area contributed by atoms with Crippen LogP contribution in [0.5, 0.6) is 0 Å². The molecule has 0 aromatic heterocycles. The van der Waals surface area contributed by atoms with Gasteiger partial charge in [-0.05, 0) is 25.7 Å². The third kappa shape index (κ3) is 6.42. The molecule has 0 saturated heterocycles. The van der Waals surface area contributed by atoms with Crippen molar-refractivity contribution in [2.75, 3.05) is 13.7 Å². The number of amides is 2. The molecule has 23 heavy (non-hydrogen) atoms. The molecule has 0 unspecified atom stereocenters. The second kappa shape index (κ2) is 10.0. The third-order valence-corrected chi connectivity index (χ3v) is 3.68. The lowest BCUT2D eigenvalue weighted by Gasteiger charge is -2.33. The summed E-state index contributed by atoms with van der Waals surface area (Å²) in [7, 11) is 1.68. The summed E-state index contributed by atoms with van der Waals surface area (Å²) in [6, 6.07) is -0.850. The molecule has 0 aliphatic heterocycles. The van der Waals surface area contributed by atoms with Crippen molar-refractivity contribution in [2.24, 2.45) is 11.8 Å². The first-order valence-corrected chi connectivity index (χ1v) is 7.99. The molecule has 1 N–H and O–H groups in total. The minimum atomic E-state index is -0.588. The van der Waals surface area contributed by atoms with E-state index in [9.17, 15) is 14.4 Å². The molecule has 0 aliphatic carbocycles. The highest BCUT2D eigenvalue weighted by Gasteiger charge is 2.29. The Balaban J connectivity index is 5.37. The summed E-state index contributed by atoms with van der Waals surface area (Å²) in [5.41, 5.74) is 0.467. The van der Waals surface area contributed by atoms with Crippen molar-refractivity contribution >= 4 is 18.3 Å². The Kier molecular flexibility index (Phi) is 9.22. The van der Waals surface area contributed by atoms with Crippen LogP contribution in [0.15, 0.2) is 11.6 Å². The SMILES string of the molecule is CCOC(=O)/C(C)=C/[C@H](C(C)C)N(C)C(=O)[C@@H](NC=O)C(C)C. The maximum absolute atomic E-state index is 12.7. The van der Waals surface area contributed by atoms with Crippen LogP contribution in [0.25, 0.3) is 0 Å². The van der Waals surface area contributed by atoms with Crippen LogP contribution < -0.4 is 5.32 Å². The van der Waals surface area contributed by atoms with E-state index in [1.54, 1.807) is 31.9 Å². The van der Waals surface area contributed by atoms with Crippen LogP contribution in [0.3, 0.4) is 0 Å². The molecule has 0 aromatic rings. The van der Waals surface area contributed by atoms with Gasteiger partial charge in [-0.15, -0.1) is 0 Å². The fourth-order valence-corrected chi connectivity index (χ4v) is 2.31. The number of likely N-dealkylation sites (N-methyl/N-ethyl adjacent to an activating group) is 1. The minimum Gasteiger partial charge on any atom is -0.463 e. The lowest BCUT2D eigenvalue weighted by molar-refractivity contribution is -0.139. The molecule has 0 heterocycles. The number of carbonyl (C=O) groups is 3. The Morgan fingerprint density at radius 2 is 1.74 bits per heavy atom. The van der Waals surface area contributed by atoms with Gasteiger partial charge in [0.15, 0.2) is 0 Å². The fourth-order valence-electron chi connectivity index (χ4n) is 2.31. The standard InChI is InChI=1S/C17H30N2O4/c1-8-23-17(22)13(6)9-14(11(2)3)19(7)16(21)15(12(4)5)18-10-20/h9-12,14-15H,8H2,1-7H3,(H,18,20)/b13-9+/t14-,15+/m1/s1. The molecule has 0 spiro atoms. The van der Waals surface area contributed by atoms with Crippen molar-refractivity contribution in [2.45, 2.75) is 53.6 Å². The minimum absolute atomic E-state index is 0.0295. The van der Waals surface area contributed by atoms with Crippen molar-refractivity contribution in [3.05, 3.63) is 11.6 Å². The maximum atomic E-state index is 12.7. The lowest BCUT2D eigenvalue weighted by atomic mass is 9.97. The first-order chi connectivity index (χ1) is 10.7. The second-order valence-electron chi connectivity index (χ2n) is 6.26. The second-order valence-corrected chi connectivity index (χ2v) is 6.26. The van der Waals surface area contributed by atoms with Gasteiger partial charge in [0.1, 0.15) is 6.04 Å². The third-order valence-electron chi connectivity index (χ3n) is 3.68. The quantitative estimate of drug-likeness (QED) is 0.398. The molecule has 6 heteroatoms. The molecule has 2 atom stereocenters. The lowest BCUT2D eigenvalue weighted by Crippen LogP contribution is -2.51. The summed E-state index contributed by atoms with van der Waals surface area (Å²) in [4.78, 5) is 36.8. The van der Waals surface area contributed by atoms with E-state index in [1.807, 2.05) is 27.7 Å². The van der Waals surface area contributed by atoms with Gasteiger partial charge in [-0.25, -0.2) is 4.79 Å². The molecule has 0 saturated carbocycles. The molecule has 0 radical (unpaired) electrons. The number of ether oxygens (including phenoxy) is 1. The number of nitrogens with one attached hydrogen (secondary N) is 1. The molecular weight excluding hydrogens is 296 g/mol. The average Bonchev–Trinajstić information content (AvgIpc) is 2.48. The van der Waals surface area contributed by atoms with Crippen molar-refractivity contribution in [3.63, 3.8) is 0 Å². The summed E-state index contributed by atoms with van der Waals surface area (Å²) in [6.07, 6.45) is 2.29. The highest BCUT2D eigenvalue weighted by Crippen LogP contribution is 2.16. The van der Waals surface area contributed by atoms with E-state index < -0.39 is 6.04 Å². The predicted octanol–water partition coefficient (Wildman–Crippen LogP) is 1.75. The molecule has 0 fully saturated rings. The fraction of sp³-hybridized carbons (Fsp3) is 0.706. The largest absolute Gasteiger partial charge is 0.463 e. The summed E-state index contributed by atoms with van der Waals surface area (Å²) in [5, 5.41) is 2.57. The highest BCUT2D eigenvalue weighted by molar-refractivity contribution is 5.88.